The van der Waals surface area contributed by atoms with Gasteiger partial charge in [-0.2, -0.15) is 0 Å². The summed E-state index contributed by atoms with van der Waals surface area (Å²) in [6.45, 7) is 13.0. The lowest BCUT2D eigenvalue weighted by Gasteiger charge is -2.41. The first-order valence-corrected chi connectivity index (χ1v) is 9.62. The molecule has 2 aliphatic heterocycles. The Morgan fingerprint density at radius 2 is 1.76 bits per heavy atom. The topological polar surface area (TPSA) is 53.8 Å². The third-order valence-corrected chi connectivity index (χ3v) is 5.61. The van der Waals surface area contributed by atoms with Gasteiger partial charge >= 0.3 is 0 Å². The summed E-state index contributed by atoms with van der Waals surface area (Å²) in [6, 6.07) is 0. The van der Waals surface area contributed by atoms with Gasteiger partial charge in [-0.3, -0.25) is 4.90 Å². The maximum atomic E-state index is 10.6. The van der Waals surface area contributed by atoms with E-state index < -0.39 is 6.10 Å². The van der Waals surface area contributed by atoms with Crippen molar-refractivity contribution in [2.45, 2.75) is 32.8 Å². The second-order valence-corrected chi connectivity index (χ2v) is 8.51. The highest BCUT2D eigenvalue weighted by molar-refractivity contribution is 4.98. The van der Waals surface area contributed by atoms with E-state index in [2.05, 4.69) is 28.6 Å². The minimum atomic E-state index is -0.441. The van der Waals surface area contributed by atoms with Crippen LogP contribution >= 0.6 is 0 Å². The molecule has 0 unspecified atom stereocenters. The Labute approximate surface area is 151 Å². The molecule has 1 atom stereocenters. The van der Waals surface area contributed by atoms with Crippen LogP contribution in [-0.4, -0.2) is 76.9 Å². The van der Waals surface area contributed by atoms with Crippen LogP contribution in [0.3, 0.4) is 0 Å². The highest BCUT2D eigenvalue weighted by atomic mass is 16.5. The van der Waals surface area contributed by atoms with Gasteiger partial charge in [-0.25, -0.2) is 4.98 Å². The van der Waals surface area contributed by atoms with Crippen molar-refractivity contribution >= 4 is 0 Å². The number of morpholine rings is 1. The zero-order chi connectivity index (χ0) is 17.9. The molecule has 0 aromatic carbocycles. The first-order chi connectivity index (χ1) is 11.9. The summed E-state index contributed by atoms with van der Waals surface area (Å²) in [5.41, 5.74) is 0.280. The fraction of sp³-hybridized carbons (Fsp3) is 0.842. The fourth-order valence-electron chi connectivity index (χ4n) is 4.32. The summed E-state index contributed by atoms with van der Waals surface area (Å²) < 4.78 is 7.39. The Balaban J connectivity index is 1.46. The van der Waals surface area contributed by atoms with Crippen LogP contribution in [0.5, 0.6) is 0 Å². The van der Waals surface area contributed by atoms with E-state index in [4.69, 9.17) is 4.74 Å². The quantitative estimate of drug-likeness (QED) is 0.843. The Kier molecular flexibility index (Phi) is 6.15. The Bertz CT molecular complexity index is 531. The van der Waals surface area contributed by atoms with E-state index in [9.17, 15) is 5.11 Å². The number of ether oxygens (including phenoxy) is 1. The molecule has 2 aliphatic rings. The molecule has 0 bridgehead atoms. The van der Waals surface area contributed by atoms with E-state index in [1.807, 2.05) is 17.8 Å². The SMILES string of the molecule is Cn1ccnc1[C@H](O)C1CCN(CC(C)(C)CN2CCOCC2)CC1. The van der Waals surface area contributed by atoms with Crippen molar-refractivity contribution in [1.29, 1.82) is 0 Å². The Hall–Kier alpha value is -0.950. The van der Waals surface area contributed by atoms with E-state index in [0.29, 0.717) is 5.92 Å². The van der Waals surface area contributed by atoms with Gasteiger partial charge in [-0.05, 0) is 37.3 Å². The number of aryl methyl sites for hydroxylation is 1. The molecule has 25 heavy (non-hydrogen) atoms. The summed E-state index contributed by atoms with van der Waals surface area (Å²) in [6.07, 6.45) is 5.32. The van der Waals surface area contributed by atoms with Gasteiger partial charge in [0.1, 0.15) is 11.9 Å². The van der Waals surface area contributed by atoms with Gasteiger partial charge in [0, 0.05) is 45.6 Å². The fourth-order valence-corrected chi connectivity index (χ4v) is 4.32. The summed E-state index contributed by atoms with van der Waals surface area (Å²) in [5, 5.41) is 10.6. The lowest BCUT2D eigenvalue weighted by atomic mass is 9.87. The Morgan fingerprint density at radius 3 is 2.32 bits per heavy atom. The second-order valence-electron chi connectivity index (χ2n) is 8.51. The molecular weight excluding hydrogens is 316 g/mol. The molecular formula is C19H34N4O2. The zero-order valence-electron chi connectivity index (χ0n) is 16.0. The molecule has 2 fully saturated rings. The molecule has 0 aliphatic carbocycles. The van der Waals surface area contributed by atoms with E-state index in [0.717, 1.165) is 71.1 Å². The van der Waals surface area contributed by atoms with Crippen LogP contribution in [0.1, 0.15) is 38.6 Å². The van der Waals surface area contributed by atoms with Gasteiger partial charge in [0.05, 0.1) is 13.2 Å². The second kappa shape index (κ2) is 8.16. The summed E-state index contributed by atoms with van der Waals surface area (Å²) in [5.74, 6) is 1.12. The zero-order valence-corrected chi connectivity index (χ0v) is 16.0. The number of hydrogen-bond donors (Lipinski definition) is 1. The van der Waals surface area contributed by atoms with E-state index in [1.54, 1.807) is 6.20 Å². The van der Waals surface area contributed by atoms with Crippen molar-refractivity contribution in [2.24, 2.45) is 18.4 Å². The number of aliphatic hydroxyl groups is 1. The number of likely N-dealkylation sites (tertiary alicyclic amines) is 1. The van der Waals surface area contributed by atoms with Crippen LogP contribution in [0.2, 0.25) is 0 Å². The van der Waals surface area contributed by atoms with E-state index >= 15 is 0 Å². The van der Waals surface area contributed by atoms with Gasteiger partial charge in [0.25, 0.3) is 0 Å². The minimum absolute atomic E-state index is 0.280. The monoisotopic (exact) mass is 350 g/mol. The maximum Gasteiger partial charge on any atom is 0.137 e. The average molecular weight is 351 g/mol. The van der Waals surface area contributed by atoms with Crippen LogP contribution < -0.4 is 0 Å². The largest absolute Gasteiger partial charge is 0.385 e. The molecule has 3 rings (SSSR count). The van der Waals surface area contributed by atoms with E-state index in [-0.39, 0.29) is 5.41 Å². The summed E-state index contributed by atoms with van der Waals surface area (Å²) in [7, 11) is 1.95. The summed E-state index contributed by atoms with van der Waals surface area (Å²) in [4.78, 5) is 9.42. The highest BCUT2D eigenvalue weighted by Crippen LogP contribution is 2.31. The maximum absolute atomic E-state index is 10.6. The highest BCUT2D eigenvalue weighted by Gasteiger charge is 2.31. The van der Waals surface area contributed by atoms with Crippen molar-refractivity contribution in [2.75, 3.05) is 52.5 Å². The van der Waals surface area contributed by atoms with Crippen LogP contribution in [0, 0.1) is 11.3 Å². The van der Waals surface area contributed by atoms with Crippen LogP contribution in [0.4, 0.5) is 0 Å². The van der Waals surface area contributed by atoms with Crippen molar-refractivity contribution in [3.63, 3.8) is 0 Å². The minimum Gasteiger partial charge on any atom is -0.385 e. The van der Waals surface area contributed by atoms with Crippen LogP contribution in [0.15, 0.2) is 12.4 Å². The van der Waals surface area contributed by atoms with Crippen LogP contribution in [-0.2, 0) is 11.8 Å². The Morgan fingerprint density at radius 1 is 1.16 bits per heavy atom. The smallest absolute Gasteiger partial charge is 0.137 e. The molecule has 142 valence electrons. The molecule has 6 heteroatoms. The molecule has 3 heterocycles. The van der Waals surface area contributed by atoms with Crippen molar-refractivity contribution < 1.29 is 9.84 Å². The molecule has 1 aromatic rings. The molecule has 6 nitrogen and oxygen atoms in total. The molecule has 0 radical (unpaired) electrons. The number of rotatable bonds is 6. The summed E-state index contributed by atoms with van der Waals surface area (Å²) >= 11 is 0. The molecule has 2 saturated heterocycles. The lowest BCUT2D eigenvalue weighted by Crippen LogP contribution is -2.47. The first kappa shape index (κ1) is 18.8. The van der Waals surface area contributed by atoms with Crippen molar-refractivity contribution in [3.8, 4) is 0 Å². The van der Waals surface area contributed by atoms with Crippen molar-refractivity contribution in [3.05, 3.63) is 18.2 Å². The molecule has 0 amide bonds. The van der Waals surface area contributed by atoms with Crippen LogP contribution in [0.25, 0.3) is 0 Å². The first-order valence-electron chi connectivity index (χ1n) is 9.62. The number of nitrogens with zero attached hydrogens (tertiary/aromatic N) is 4. The average Bonchev–Trinajstić information content (AvgIpc) is 3.01. The molecule has 0 saturated carbocycles. The third-order valence-electron chi connectivity index (χ3n) is 5.61. The molecule has 1 aromatic heterocycles. The number of aliphatic hydroxyl groups excluding tert-OH is 1. The number of imidazole rings is 1. The number of hydrogen-bond acceptors (Lipinski definition) is 5. The molecule has 0 spiro atoms. The normalized spacial score (nSPS) is 23.0. The predicted octanol–water partition coefficient (Wildman–Crippen LogP) is 1.52. The number of piperidine rings is 1. The van der Waals surface area contributed by atoms with Gasteiger partial charge in [-0.1, -0.05) is 13.8 Å². The van der Waals surface area contributed by atoms with Gasteiger partial charge < -0.3 is 19.3 Å². The predicted molar refractivity (Wildman–Crippen MR) is 98.4 cm³/mol. The lowest BCUT2D eigenvalue weighted by molar-refractivity contribution is 0.00676. The van der Waals surface area contributed by atoms with E-state index in [1.165, 1.54) is 0 Å². The van der Waals surface area contributed by atoms with Gasteiger partial charge in [-0.15, -0.1) is 0 Å². The third kappa shape index (κ3) is 5.03. The van der Waals surface area contributed by atoms with Crippen molar-refractivity contribution in [1.82, 2.24) is 19.4 Å². The van der Waals surface area contributed by atoms with Gasteiger partial charge in [0.2, 0.25) is 0 Å². The number of aromatic nitrogens is 2. The molecule has 1 N–H and O–H groups in total. The van der Waals surface area contributed by atoms with Gasteiger partial charge in [0.15, 0.2) is 0 Å². The standard InChI is InChI=1S/C19H34N4O2/c1-19(2,15-23-10-12-25-13-11-23)14-22-7-4-16(5-8-22)17(24)18-20-6-9-21(18)3/h6,9,16-17,24H,4-5,7-8,10-15H2,1-3H3/t17-/m1/s1.